The Bertz CT molecular complexity index is 927. The maximum absolute atomic E-state index is 12.4. The third-order valence-electron chi connectivity index (χ3n) is 5.79. The molecule has 0 aromatic carbocycles. The van der Waals surface area contributed by atoms with E-state index >= 15 is 0 Å². The van der Waals surface area contributed by atoms with Gasteiger partial charge in [-0.25, -0.2) is 9.78 Å². The molecule has 0 amide bonds. The van der Waals surface area contributed by atoms with Gasteiger partial charge in [-0.05, 0) is 46.1 Å². The highest BCUT2D eigenvalue weighted by Gasteiger charge is 2.31. The smallest absolute Gasteiger partial charge is 0.329 e. The highest BCUT2D eigenvalue weighted by Crippen LogP contribution is 2.37. The van der Waals surface area contributed by atoms with Gasteiger partial charge in [-0.3, -0.25) is 14.3 Å². The van der Waals surface area contributed by atoms with E-state index in [-0.39, 0.29) is 17.3 Å². The van der Waals surface area contributed by atoms with Crippen LogP contribution in [0.5, 0.6) is 0 Å². The molecule has 2 aromatic rings. The predicted octanol–water partition coefficient (Wildman–Crippen LogP) is 1.16. The molecule has 3 heterocycles. The number of aromatic amines is 1. The van der Waals surface area contributed by atoms with Crippen molar-refractivity contribution in [2.75, 3.05) is 25.0 Å². The Labute approximate surface area is 146 Å². The van der Waals surface area contributed by atoms with Crippen LogP contribution >= 0.6 is 0 Å². The van der Waals surface area contributed by atoms with Crippen LogP contribution in [-0.2, 0) is 0 Å². The molecule has 1 aliphatic carbocycles. The summed E-state index contributed by atoms with van der Waals surface area (Å²) in [7, 11) is 1.99. The average Bonchev–Trinajstić information content (AvgIpc) is 3.30. The number of fused-ring (bicyclic) bond motifs is 1. The third-order valence-corrected chi connectivity index (χ3v) is 5.79. The zero-order valence-corrected chi connectivity index (χ0v) is 15.0. The van der Waals surface area contributed by atoms with E-state index in [1.54, 1.807) is 10.8 Å². The van der Waals surface area contributed by atoms with Gasteiger partial charge in [0.1, 0.15) is 5.82 Å². The van der Waals surface area contributed by atoms with Gasteiger partial charge in [0.05, 0.1) is 10.9 Å². The first-order valence-electron chi connectivity index (χ1n) is 9.07. The molecular formula is C18H25N5O2. The molecule has 2 fully saturated rings. The number of rotatable bonds is 4. The molecule has 25 heavy (non-hydrogen) atoms. The number of pyridine rings is 1. The summed E-state index contributed by atoms with van der Waals surface area (Å²) in [6.45, 7) is 6.08. The van der Waals surface area contributed by atoms with Gasteiger partial charge in [-0.2, -0.15) is 0 Å². The molecule has 2 aromatic heterocycles. The molecule has 0 spiro atoms. The minimum absolute atomic E-state index is 0.205. The fourth-order valence-corrected chi connectivity index (χ4v) is 4.02. The molecule has 1 saturated heterocycles. The molecule has 2 atom stereocenters. The van der Waals surface area contributed by atoms with Crippen LogP contribution in [0.25, 0.3) is 10.9 Å². The second-order valence-corrected chi connectivity index (χ2v) is 7.40. The van der Waals surface area contributed by atoms with Crippen LogP contribution in [0.15, 0.2) is 15.8 Å². The molecule has 2 aliphatic rings. The van der Waals surface area contributed by atoms with E-state index in [0.29, 0.717) is 17.3 Å². The van der Waals surface area contributed by atoms with E-state index in [1.807, 2.05) is 14.0 Å². The Morgan fingerprint density at radius 3 is 2.76 bits per heavy atom. The average molecular weight is 343 g/mol. The number of hydrogen-bond donors (Lipinski definition) is 2. The fraction of sp³-hybridized carbons (Fsp3) is 0.611. The largest absolute Gasteiger partial charge is 0.356 e. The van der Waals surface area contributed by atoms with Gasteiger partial charge in [0.15, 0.2) is 0 Å². The van der Waals surface area contributed by atoms with Crippen LogP contribution in [-0.4, -0.2) is 40.7 Å². The van der Waals surface area contributed by atoms with Crippen LogP contribution < -0.4 is 21.5 Å². The highest BCUT2D eigenvalue weighted by atomic mass is 16.2. The van der Waals surface area contributed by atoms with Crippen molar-refractivity contribution in [2.24, 2.45) is 5.92 Å². The van der Waals surface area contributed by atoms with E-state index < -0.39 is 0 Å². The van der Waals surface area contributed by atoms with Crippen molar-refractivity contribution in [2.45, 2.75) is 45.2 Å². The molecule has 0 radical (unpaired) electrons. The number of anilines is 1. The highest BCUT2D eigenvalue weighted by molar-refractivity contribution is 5.84. The monoisotopic (exact) mass is 343 g/mol. The van der Waals surface area contributed by atoms with Crippen molar-refractivity contribution in [1.29, 1.82) is 0 Å². The molecule has 0 unspecified atom stereocenters. The lowest BCUT2D eigenvalue weighted by Gasteiger charge is -2.23. The molecular weight excluding hydrogens is 318 g/mol. The first-order chi connectivity index (χ1) is 12.0. The summed E-state index contributed by atoms with van der Waals surface area (Å²) < 4.78 is 1.76. The standard InChI is InChI=1S/C18H25N5O2/c1-10-15-14(17(24)21-18(25)23(15)13-4-5-13)8-20-16(10)22-7-6-12(9-22)11(2)19-3/h8,11-13,19H,4-7,9H2,1-3H3,(H,21,24,25)/t11-,12-/m0/s1. The van der Waals surface area contributed by atoms with Gasteiger partial charge >= 0.3 is 5.69 Å². The molecule has 7 nitrogen and oxygen atoms in total. The minimum Gasteiger partial charge on any atom is -0.356 e. The van der Waals surface area contributed by atoms with Crippen molar-refractivity contribution in [3.63, 3.8) is 0 Å². The number of H-pyrrole nitrogens is 1. The van der Waals surface area contributed by atoms with Crippen molar-refractivity contribution < 1.29 is 0 Å². The molecule has 4 rings (SSSR count). The Hall–Kier alpha value is -2.15. The Morgan fingerprint density at radius 1 is 1.32 bits per heavy atom. The molecule has 7 heteroatoms. The quantitative estimate of drug-likeness (QED) is 0.870. The van der Waals surface area contributed by atoms with E-state index in [1.165, 1.54) is 0 Å². The lowest BCUT2D eigenvalue weighted by Crippen LogP contribution is -2.33. The topological polar surface area (TPSA) is 83.0 Å². The van der Waals surface area contributed by atoms with Crippen LogP contribution in [0, 0.1) is 12.8 Å². The molecule has 2 N–H and O–H groups in total. The normalized spacial score (nSPS) is 21.9. The van der Waals surface area contributed by atoms with Crippen molar-refractivity contribution in [3.8, 4) is 0 Å². The van der Waals surface area contributed by atoms with E-state index in [4.69, 9.17) is 0 Å². The maximum atomic E-state index is 12.4. The summed E-state index contributed by atoms with van der Waals surface area (Å²) >= 11 is 0. The van der Waals surface area contributed by atoms with Crippen molar-refractivity contribution in [3.05, 3.63) is 32.6 Å². The number of hydrogen-bond acceptors (Lipinski definition) is 5. The first kappa shape index (κ1) is 16.3. The predicted molar refractivity (Wildman–Crippen MR) is 98.5 cm³/mol. The fourth-order valence-electron chi connectivity index (χ4n) is 4.02. The summed E-state index contributed by atoms with van der Waals surface area (Å²) in [6.07, 6.45) is 4.73. The molecule has 1 saturated carbocycles. The van der Waals surface area contributed by atoms with E-state index in [0.717, 1.165) is 49.2 Å². The number of aryl methyl sites for hydroxylation is 1. The third kappa shape index (κ3) is 2.66. The van der Waals surface area contributed by atoms with Gasteiger partial charge < -0.3 is 10.2 Å². The lowest BCUT2D eigenvalue weighted by molar-refractivity contribution is 0.428. The number of nitrogens with one attached hydrogen (secondary N) is 2. The second kappa shape index (κ2) is 5.98. The number of nitrogens with zero attached hydrogens (tertiary/aromatic N) is 3. The summed E-state index contributed by atoms with van der Waals surface area (Å²) in [5.74, 6) is 1.48. The SMILES string of the molecule is CN[C@@H](C)[C@H]1CCN(c2ncc3c(=O)[nH]c(=O)n(C4CC4)c3c2C)C1. The first-order valence-corrected chi connectivity index (χ1v) is 9.07. The molecule has 1 aliphatic heterocycles. The summed E-state index contributed by atoms with van der Waals surface area (Å²) in [5.41, 5.74) is 1.04. The Balaban J connectivity index is 1.82. The minimum atomic E-state index is -0.345. The molecule has 134 valence electrons. The van der Waals surface area contributed by atoms with E-state index in [9.17, 15) is 9.59 Å². The summed E-state index contributed by atoms with van der Waals surface area (Å²) in [6, 6.07) is 0.662. The van der Waals surface area contributed by atoms with Gasteiger partial charge in [0, 0.05) is 36.9 Å². The van der Waals surface area contributed by atoms with Gasteiger partial charge in [-0.1, -0.05) is 0 Å². The maximum Gasteiger partial charge on any atom is 0.329 e. The summed E-state index contributed by atoms with van der Waals surface area (Å²) in [4.78, 5) is 33.9. The zero-order valence-electron chi connectivity index (χ0n) is 15.0. The molecule has 0 bridgehead atoms. The zero-order chi connectivity index (χ0) is 17.7. The summed E-state index contributed by atoms with van der Waals surface area (Å²) in [5, 5.41) is 3.84. The lowest BCUT2D eigenvalue weighted by atomic mass is 10.0. The second-order valence-electron chi connectivity index (χ2n) is 7.40. The van der Waals surface area contributed by atoms with Crippen LogP contribution in [0.4, 0.5) is 5.82 Å². The van der Waals surface area contributed by atoms with Gasteiger partial charge in [0.25, 0.3) is 5.56 Å². The number of aromatic nitrogens is 3. The Morgan fingerprint density at radius 2 is 2.08 bits per heavy atom. The van der Waals surface area contributed by atoms with Crippen molar-refractivity contribution in [1.82, 2.24) is 19.9 Å². The van der Waals surface area contributed by atoms with E-state index in [2.05, 4.69) is 27.1 Å². The van der Waals surface area contributed by atoms with Crippen LogP contribution in [0.2, 0.25) is 0 Å². The van der Waals surface area contributed by atoms with Crippen molar-refractivity contribution >= 4 is 16.7 Å². The van der Waals surface area contributed by atoms with Gasteiger partial charge in [-0.15, -0.1) is 0 Å². The van der Waals surface area contributed by atoms with Gasteiger partial charge in [0.2, 0.25) is 0 Å². The van der Waals surface area contributed by atoms with Crippen LogP contribution in [0.1, 0.15) is 37.8 Å². The van der Waals surface area contributed by atoms with Crippen LogP contribution in [0.3, 0.4) is 0 Å². The Kier molecular flexibility index (Phi) is 3.91.